The molecule has 0 bridgehead atoms. The third kappa shape index (κ3) is 2.73. The predicted molar refractivity (Wildman–Crippen MR) is 90.6 cm³/mol. The summed E-state index contributed by atoms with van der Waals surface area (Å²) in [4.78, 5) is 41.8. The van der Waals surface area contributed by atoms with Gasteiger partial charge in [0.05, 0.1) is 11.1 Å². The number of amides is 2. The van der Waals surface area contributed by atoms with Crippen molar-refractivity contribution in [2.75, 3.05) is 0 Å². The summed E-state index contributed by atoms with van der Waals surface area (Å²) in [5, 5.41) is 4.30. The lowest BCUT2D eigenvalue weighted by Crippen LogP contribution is -2.32. The van der Waals surface area contributed by atoms with Crippen LogP contribution < -0.4 is 0 Å². The minimum absolute atomic E-state index is 0.0707. The minimum atomic E-state index is -1.07. The van der Waals surface area contributed by atoms with Gasteiger partial charge < -0.3 is 4.84 Å². The summed E-state index contributed by atoms with van der Waals surface area (Å²) < 4.78 is 28.2. The second kappa shape index (κ2) is 6.38. The lowest BCUT2D eigenvalue weighted by molar-refractivity contribution is -0.0588. The van der Waals surface area contributed by atoms with Crippen LogP contribution in [0.5, 0.6) is 0 Å². The molecule has 0 fully saturated rings. The van der Waals surface area contributed by atoms with Crippen LogP contribution >= 0.6 is 0 Å². The van der Waals surface area contributed by atoms with Gasteiger partial charge in [-0.2, -0.15) is 5.10 Å². The molecule has 0 atom stereocenters. The van der Waals surface area contributed by atoms with Crippen LogP contribution in [0.25, 0.3) is 5.69 Å². The summed E-state index contributed by atoms with van der Waals surface area (Å²) in [5.41, 5.74) is 0.280. The van der Waals surface area contributed by atoms with E-state index in [1.54, 1.807) is 19.1 Å². The summed E-state index contributed by atoms with van der Waals surface area (Å²) in [6.07, 6.45) is 0. The molecule has 3 aromatic rings. The number of nitrogens with zero attached hydrogens (tertiary/aromatic N) is 3. The molecule has 0 N–H and O–H groups in total. The monoisotopic (exact) mass is 383 g/mol. The van der Waals surface area contributed by atoms with Crippen molar-refractivity contribution in [1.29, 1.82) is 0 Å². The third-order valence-corrected chi connectivity index (χ3v) is 4.17. The Labute approximate surface area is 156 Å². The number of aromatic nitrogens is 2. The van der Waals surface area contributed by atoms with E-state index in [9.17, 15) is 23.2 Å². The van der Waals surface area contributed by atoms with Gasteiger partial charge in [0.25, 0.3) is 11.8 Å². The van der Waals surface area contributed by atoms with Crippen LogP contribution in [0.3, 0.4) is 0 Å². The van der Waals surface area contributed by atoms with E-state index >= 15 is 0 Å². The van der Waals surface area contributed by atoms with Crippen molar-refractivity contribution in [2.45, 2.75) is 6.92 Å². The highest BCUT2D eigenvalue weighted by atomic mass is 19.1. The lowest BCUT2D eigenvalue weighted by Gasteiger charge is -2.11. The van der Waals surface area contributed by atoms with E-state index in [-0.39, 0.29) is 22.5 Å². The van der Waals surface area contributed by atoms with Crippen LogP contribution in [0, 0.1) is 18.6 Å². The lowest BCUT2D eigenvalue weighted by atomic mass is 10.1. The molecule has 9 heteroatoms. The summed E-state index contributed by atoms with van der Waals surface area (Å²) in [6.45, 7) is 1.55. The zero-order valence-electron chi connectivity index (χ0n) is 14.3. The summed E-state index contributed by atoms with van der Waals surface area (Å²) in [7, 11) is 0. The first-order valence-electron chi connectivity index (χ1n) is 8.09. The zero-order valence-corrected chi connectivity index (χ0v) is 14.3. The van der Waals surface area contributed by atoms with Crippen LogP contribution in [-0.2, 0) is 4.84 Å². The Kier molecular flexibility index (Phi) is 3.99. The molecule has 1 aromatic heterocycles. The van der Waals surface area contributed by atoms with Crippen molar-refractivity contribution in [3.63, 3.8) is 0 Å². The number of imide groups is 1. The molecule has 2 amide bonds. The number of carbonyl (C=O) groups is 3. The van der Waals surface area contributed by atoms with E-state index in [1.807, 2.05) is 0 Å². The maximum absolute atomic E-state index is 14.0. The molecule has 0 saturated carbocycles. The molecule has 0 radical (unpaired) electrons. The van der Waals surface area contributed by atoms with Crippen molar-refractivity contribution in [1.82, 2.24) is 14.8 Å². The molecule has 0 unspecified atom stereocenters. The third-order valence-electron chi connectivity index (χ3n) is 4.17. The van der Waals surface area contributed by atoms with E-state index < -0.39 is 29.4 Å². The highest BCUT2D eigenvalue weighted by Crippen LogP contribution is 2.24. The molecule has 140 valence electrons. The molecule has 28 heavy (non-hydrogen) atoms. The maximum Gasteiger partial charge on any atom is 0.384 e. The van der Waals surface area contributed by atoms with Gasteiger partial charge in [-0.15, -0.1) is 0 Å². The number of hydrogen-bond acceptors (Lipinski definition) is 5. The SMILES string of the molecule is Cc1cc(C(=O)ON2C(=O)c3ccccc3C2=O)nn1-c1ccc(F)cc1F. The molecule has 1 aliphatic rings. The smallest absolute Gasteiger partial charge is 0.322 e. The first-order valence-corrected chi connectivity index (χ1v) is 8.09. The molecular weight excluding hydrogens is 372 g/mol. The average Bonchev–Trinajstić information content (AvgIpc) is 3.16. The van der Waals surface area contributed by atoms with E-state index in [2.05, 4.69) is 5.10 Å². The Morgan fingerprint density at radius 1 is 1.00 bits per heavy atom. The summed E-state index contributed by atoms with van der Waals surface area (Å²) in [6, 6.07) is 10.3. The van der Waals surface area contributed by atoms with Crippen LogP contribution in [0.4, 0.5) is 8.78 Å². The number of hydroxylamine groups is 2. The molecule has 7 nitrogen and oxygen atoms in total. The van der Waals surface area contributed by atoms with E-state index in [0.717, 1.165) is 10.7 Å². The summed E-state index contributed by atoms with van der Waals surface area (Å²) >= 11 is 0. The van der Waals surface area contributed by atoms with Gasteiger partial charge >= 0.3 is 5.97 Å². The van der Waals surface area contributed by atoms with E-state index in [4.69, 9.17) is 4.84 Å². The van der Waals surface area contributed by atoms with Crippen molar-refractivity contribution < 1.29 is 28.0 Å². The fourth-order valence-corrected chi connectivity index (χ4v) is 2.85. The molecule has 2 heterocycles. The highest BCUT2D eigenvalue weighted by Gasteiger charge is 2.39. The average molecular weight is 383 g/mol. The number of aryl methyl sites for hydroxylation is 1. The minimum Gasteiger partial charge on any atom is -0.322 e. The van der Waals surface area contributed by atoms with Gasteiger partial charge in [0, 0.05) is 11.8 Å². The van der Waals surface area contributed by atoms with Crippen molar-refractivity contribution in [3.8, 4) is 5.69 Å². The normalized spacial score (nSPS) is 13.0. The Balaban J connectivity index is 1.60. The van der Waals surface area contributed by atoms with Gasteiger partial charge in [-0.3, -0.25) is 9.59 Å². The van der Waals surface area contributed by atoms with Gasteiger partial charge in [0.1, 0.15) is 11.5 Å². The van der Waals surface area contributed by atoms with Gasteiger partial charge in [0.2, 0.25) is 0 Å². The second-order valence-electron chi connectivity index (χ2n) is 6.01. The maximum atomic E-state index is 14.0. The predicted octanol–water partition coefficient (Wildman–Crippen LogP) is 2.83. The van der Waals surface area contributed by atoms with Crippen molar-refractivity contribution >= 4 is 17.8 Å². The number of benzene rings is 2. The highest BCUT2D eigenvalue weighted by molar-refractivity contribution is 6.21. The van der Waals surface area contributed by atoms with E-state index in [1.165, 1.54) is 24.3 Å². The molecule has 0 saturated heterocycles. The van der Waals surface area contributed by atoms with Gasteiger partial charge in [0.15, 0.2) is 11.5 Å². The first-order chi connectivity index (χ1) is 13.4. The zero-order chi connectivity index (χ0) is 20.0. The largest absolute Gasteiger partial charge is 0.384 e. The molecule has 4 rings (SSSR count). The topological polar surface area (TPSA) is 81.5 Å². The fourth-order valence-electron chi connectivity index (χ4n) is 2.85. The molecule has 0 aliphatic carbocycles. The molecule has 1 aliphatic heterocycles. The number of rotatable bonds is 3. The number of fused-ring (bicyclic) bond motifs is 1. The Bertz CT molecular complexity index is 1120. The standard InChI is InChI=1S/C19H11F2N3O4/c1-10-8-15(22-23(10)16-7-6-11(20)9-14(16)21)19(27)28-24-17(25)12-4-2-3-5-13(12)18(24)26/h2-9H,1H3. The summed E-state index contributed by atoms with van der Waals surface area (Å²) in [5.74, 6) is -4.23. The Morgan fingerprint density at radius 3 is 2.25 bits per heavy atom. The number of halogens is 2. The van der Waals surface area contributed by atoms with Crippen LogP contribution in [-0.4, -0.2) is 32.6 Å². The van der Waals surface area contributed by atoms with Gasteiger partial charge in [-0.1, -0.05) is 17.2 Å². The fraction of sp³-hybridized carbons (Fsp3) is 0.0526. The quantitative estimate of drug-likeness (QED) is 0.650. The number of carbonyl (C=O) groups excluding carboxylic acids is 3. The van der Waals surface area contributed by atoms with Crippen LogP contribution in [0.2, 0.25) is 0 Å². The van der Waals surface area contributed by atoms with Crippen LogP contribution in [0.1, 0.15) is 36.9 Å². The Hall–Kier alpha value is -3.88. The van der Waals surface area contributed by atoms with E-state index in [0.29, 0.717) is 16.8 Å². The van der Waals surface area contributed by atoms with Crippen LogP contribution in [0.15, 0.2) is 48.5 Å². The molecule has 0 spiro atoms. The molecular formula is C19H11F2N3O4. The molecule has 2 aromatic carbocycles. The Morgan fingerprint density at radius 2 is 1.64 bits per heavy atom. The van der Waals surface area contributed by atoms with Gasteiger partial charge in [-0.05, 0) is 37.3 Å². The van der Waals surface area contributed by atoms with Crippen molar-refractivity contribution in [2.24, 2.45) is 0 Å². The van der Waals surface area contributed by atoms with Crippen molar-refractivity contribution in [3.05, 3.63) is 82.7 Å². The first kappa shape index (κ1) is 17.5. The van der Waals surface area contributed by atoms with Gasteiger partial charge in [-0.25, -0.2) is 18.3 Å². The second-order valence-corrected chi connectivity index (χ2v) is 6.01. The number of hydrogen-bond donors (Lipinski definition) is 0.